The minimum Gasteiger partial charge on any atom is -0.377 e. The molecule has 2 heterocycles. The van der Waals surface area contributed by atoms with Gasteiger partial charge in [0.25, 0.3) is 0 Å². The van der Waals surface area contributed by atoms with Crippen molar-refractivity contribution in [2.45, 2.75) is 45.6 Å². The molecule has 0 unspecified atom stereocenters. The molecule has 0 spiro atoms. The quantitative estimate of drug-likeness (QED) is 0.781. The van der Waals surface area contributed by atoms with E-state index in [0.717, 1.165) is 29.9 Å². The Morgan fingerprint density at radius 3 is 2.70 bits per heavy atom. The van der Waals surface area contributed by atoms with Gasteiger partial charge in [0, 0.05) is 37.4 Å². The van der Waals surface area contributed by atoms with Gasteiger partial charge in [-0.1, -0.05) is 18.2 Å². The van der Waals surface area contributed by atoms with Gasteiger partial charge in [-0.2, -0.15) is 0 Å². The summed E-state index contributed by atoms with van der Waals surface area (Å²) in [4.78, 5) is 23.3. The fraction of sp³-hybridized carbons (Fsp3) is 0.476. The molecule has 3 rings (SSSR count). The monoisotopic (exact) mass is 371 g/mol. The molecule has 1 aromatic heterocycles. The molecule has 0 bridgehead atoms. The second-order valence-corrected chi connectivity index (χ2v) is 6.89. The zero-order chi connectivity index (χ0) is 19.2. The van der Waals surface area contributed by atoms with E-state index in [4.69, 9.17) is 4.74 Å². The van der Waals surface area contributed by atoms with Gasteiger partial charge in [-0.3, -0.25) is 4.79 Å². The van der Waals surface area contributed by atoms with Crippen LogP contribution in [-0.4, -0.2) is 40.5 Å². The maximum absolute atomic E-state index is 13.8. The number of aromatic nitrogens is 2. The molecule has 5 nitrogen and oxygen atoms in total. The van der Waals surface area contributed by atoms with Gasteiger partial charge in [-0.05, 0) is 38.3 Å². The van der Waals surface area contributed by atoms with Crippen LogP contribution in [0.15, 0.2) is 30.5 Å². The first-order valence-corrected chi connectivity index (χ1v) is 9.49. The van der Waals surface area contributed by atoms with E-state index in [2.05, 4.69) is 9.97 Å². The van der Waals surface area contributed by atoms with E-state index in [1.54, 1.807) is 18.2 Å². The molecule has 0 aliphatic carbocycles. The van der Waals surface area contributed by atoms with Crippen LogP contribution in [0.1, 0.15) is 48.3 Å². The number of halogens is 1. The average Bonchev–Trinajstić information content (AvgIpc) is 2.69. The van der Waals surface area contributed by atoms with Gasteiger partial charge in [0.15, 0.2) is 0 Å². The highest BCUT2D eigenvalue weighted by atomic mass is 19.1. The molecule has 2 aromatic rings. The molecule has 0 atom stereocenters. The Balaban J connectivity index is 1.63. The van der Waals surface area contributed by atoms with Gasteiger partial charge in [0.2, 0.25) is 5.91 Å². The van der Waals surface area contributed by atoms with Crippen LogP contribution in [0.3, 0.4) is 0 Å². The van der Waals surface area contributed by atoms with Gasteiger partial charge in [0.05, 0.1) is 18.7 Å². The maximum Gasteiger partial charge on any atom is 0.227 e. The summed E-state index contributed by atoms with van der Waals surface area (Å²) in [6, 6.07) is 6.46. The lowest BCUT2D eigenvalue weighted by Crippen LogP contribution is -2.39. The van der Waals surface area contributed by atoms with Crippen molar-refractivity contribution in [1.29, 1.82) is 0 Å². The predicted molar refractivity (Wildman–Crippen MR) is 101 cm³/mol. The molecule has 1 saturated heterocycles. The molecule has 1 aliphatic heterocycles. The molecule has 1 amide bonds. The van der Waals surface area contributed by atoms with Crippen LogP contribution in [0.5, 0.6) is 0 Å². The van der Waals surface area contributed by atoms with E-state index in [0.29, 0.717) is 37.8 Å². The number of benzene rings is 1. The van der Waals surface area contributed by atoms with Crippen LogP contribution in [0.4, 0.5) is 4.39 Å². The largest absolute Gasteiger partial charge is 0.377 e. The Bertz CT molecular complexity index is 789. The lowest BCUT2D eigenvalue weighted by molar-refractivity contribution is -0.131. The SMILES string of the molecule is CCOCc1cnc(C)nc1C1CCN(C(=O)Cc2ccccc2F)CC1. The number of amides is 1. The third kappa shape index (κ3) is 4.89. The molecule has 0 saturated carbocycles. The summed E-state index contributed by atoms with van der Waals surface area (Å²) in [6.07, 6.45) is 3.65. The zero-order valence-electron chi connectivity index (χ0n) is 15.9. The number of hydrogen-bond acceptors (Lipinski definition) is 4. The normalized spacial score (nSPS) is 15.1. The molecule has 144 valence electrons. The highest BCUT2D eigenvalue weighted by Gasteiger charge is 2.27. The predicted octanol–water partition coefficient (Wildman–Crippen LogP) is 3.41. The van der Waals surface area contributed by atoms with Gasteiger partial charge in [-0.25, -0.2) is 14.4 Å². The molecule has 6 heteroatoms. The second kappa shape index (κ2) is 9.04. The smallest absolute Gasteiger partial charge is 0.227 e. The Kier molecular flexibility index (Phi) is 6.50. The van der Waals surface area contributed by atoms with Crippen molar-refractivity contribution >= 4 is 5.91 Å². The number of nitrogens with zero attached hydrogens (tertiary/aromatic N) is 3. The average molecular weight is 371 g/mol. The first kappa shape index (κ1) is 19.4. The van der Waals surface area contributed by atoms with Gasteiger partial charge >= 0.3 is 0 Å². The summed E-state index contributed by atoms with van der Waals surface area (Å²) in [5, 5.41) is 0. The Hall–Kier alpha value is -2.34. The van der Waals surface area contributed by atoms with Crippen LogP contribution in [-0.2, 0) is 22.6 Å². The second-order valence-electron chi connectivity index (χ2n) is 6.89. The van der Waals surface area contributed by atoms with Crippen molar-refractivity contribution in [1.82, 2.24) is 14.9 Å². The fourth-order valence-corrected chi connectivity index (χ4v) is 3.51. The summed E-state index contributed by atoms with van der Waals surface area (Å²) in [5.41, 5.74) is 2.52. The standard InChI is InChI=1S/C21H26FN3O2/c1-3-27-14-18-13-23-15(2)24-21(18)16-8-10-25(11-9-16)20(26)12-17-6-4-5-7-19(17)22/h4-7,13,16H,3,8-12,14H2,1-2H3. The minimum atomic E-state index is -0.322. The molecule has 0 radical (unpaired) electrons. The molecule has 1 aromatic carbocycles. The molecule has 0 N–H and O–H groups in total. The Labute approximate surface area is 159 Å². The van der Waals surface area contributed by atoms with Crippen molar-refractivity contribution in [3.63, 3.8) is 0 Å². The van der Waals surface area contributed by atoms with E-state index in [1.807, 2.05) is 24.9 Å². The zero-order valence-corrected chi connectivity index (χ0v) is 15.9. The first-order valence-electron chi connectivity index (χ1n) is 9.49. The lowest BCUT2D eigenvalue weighted by atomic mass is 9.90. The van der Waals surface area contributed by atoms with Crippen molar-refractivity contribution in [2.75, 3.05) is 19.7 Å². The summed E-state index contributed by atoms with van der Waals surface area (Å²) in [7, 11) is 0. The van der Waals surface area contributed by atoms with Crippen molar-refractivity contribution < 1.29 is 13.9 Å². The summed E-state index contributed by atoms with van der Waals surface area (Å²) < 4.78 is 19.3. The Morgan fingerprint density at radius 2 is 2.00 bits per heavy atom. The molecule has 27 heavy (non-hydrogen) atoms. The van der Waals surface area contributed by atoms with Crippen LogP contribution >= 0.6 is 0 Å². The number of ether oxygens (including phenoxy) is 1. The van der Waals surface area contributed by atoms with E-state index < -0.39 is 0 Å². The fourth-order valence-electron chi connectivity index (χ4n) is 3.51. The van der Waals surface area contributed by atoms with Gasteiger partial charge in [0.1, 0.15) is 11.6 Å². The van der Waals surface area contributed by atoms with Gasteiger partial charge in [-0.15, -0.1) is 0 Å². The van der Waals surface area contributed by atoms with Crippen LogP contribution in [0.25, 0.3) is 0 Å². The number of carbonyl (C=O) groups is 1. The number of hydrogen-bond donors (Lipinski definition) is 0. The number of aryl methyl sites for hydroxylation is 1. The number of piperidine rings is 1. The van der Waals surface area contributed by atoms with E-state index in [9.17, 15) is 9.18 Å². The third-order valence-corrected chi connectivity index (χ3v) is 5.01. The molecular weight excluding hydrogens is 345 g/mol. The number of likely N-dealkylation sites (tertiary alicyclic amines) is 1. The highest BCUT2D eigenvalue weighted by molar-refractivity contribution is 5.79. The Morgan fingerprint density at radius 1 is 1.26 bits per heavy atom. The van der Waals surface area contributed by atoms with E-state index in [1.165, 1.54) is 6.07 Å². The van der Waals surface area contributed by atoms with Gasteiger partial charge < -0.3 is 9.64 Å². The third-order valence-electron chi connectivity index (χ3n) is 5.01. The molecule has 1 fully saturated rings. The number of rotatable bonds is 6. The first-order chi connectivity index (χ1) is 13.1. The van der Waals surface area contributed by atoms with Crippen molar-refractivity contribution in [3.05, 3.63) is 58.9 Å². The summed E-state index contributed by atoms with van der Waals surface area (Å²) in [5.74, 6) is 0.702. The van der Waals surface area contributed by atoms with E-state index in [-0.39, 0.29) is 18.1 Å². The molecular formula is C21H26FN3O2. The van der Waals surface area contributed by atoms with Crippen molar-refractivity contribution in [3.8, 4) is 0 Å². The topological polar surface area (TPSA) is 55.3 Å². The highest BCUT2D eigenvalue weighted by Crippen LogP contribution is 2.29. The maximum atomic E-state index is 13.8. The van der Waals surface area contributed by atoms with E-state index >= 15 is 0 Å². The van der Waals surface area contributed by atoms with Crippen LogP contribution in [0.2, 0.25) is 0 Å². The number of carbonyl (C=O) groups excluding carboxylic acids is 1. The summed E-state index contributed by atoms with van der Waals surface area (Å²) in [6.45, 7) is 6.34. The lowest BCUT2D eigenvalue weighted by Gasteiger charge is -2.32. The van der Waals surface area contributed by atoms with Crippen LogP contribution in [0, 0.1) is 12.7 Å². The van der Waals surface area contributed by atoms with Crippen LogP contribution < -0.4 is 0 Å². The van der Waals surface area contributed by atoms with Crippen molar-refractivity contribution in [2.24, 2.45) is 0 Å². The summed E-state index contributed by atoms with van der Waals surface area (Å²) >= 11 is 0. The molecule has 1 aliphatic rings. The minimum absolute atomic E-state index is 0.0213.